The molecule has 0 fully saturated rings. The Balaban J connectivity index is 1.76. The smallest absolute Gasteiger partial charge is 0.157 e. The molecular formula is C16H16ClNO3. The van der Waals surface area contributed by atoms with E-state index >= 15 is 0 Å². The fourth-order valence-corrected chi connectivity index (χ4v) is 2.65. The van der Waals surface area contributed by atoms with Crippen molar-refractivity contribution in [2.24, 2.45) is 0 Å². The first-order chi connectivity index (χ1) is 10.1. The van der Waals surface area contributed by atoms with Gasteiger partial charge in [-0.05, 0) is 60.5 Å². The topological polar surface area (TPSA) is 61.7 Å². The van der Waals surface area contributed by atoms with E-state index in [0.29, 0.717) is 11.6 Å². The molecule has 5 heteroatoms. The van der Waals surface area contributed by atoms with Crippen LogP contribution in [-0.2, 0) is 6.42 Å². The van der Waals surface area contributed by atoms with E-state index in [9.17, 15) is 10.2 Å². The standard InChI is InChI=1S/C16H16ClNO3/c17-11-1-3-12(4-2-11)21-9-14-13-8-16(20)15(19)7-10(13)5-6-18-14/h1-4,7-8,14,18-20H,5-6,9H2/t14-/m0/s1. The summed E-state index contributed by atoms with van der Waals surface area (Å²) in [5.41, 5.74) is 2.00. The Kier molecular flexibility index (Phi) is 3.90. The minimum absolute atomic E-state index is 0.0177. The van der Waals surface area contributed by atoms with Crippen LogP contribution in [0.1, 0.15) is 17.2 Å². The fourth-order valence-electron chi connectivity index (χ4n) is 2.53. The Labute approximate surface area is 127 Å². The predicted octanol–water partition coefficient (Wildman–Crippen LogP) is 3.02. The summed E-state index contributed by atoms with van der Waals surface area (Å²) in [7, 11) is 0. The van der Waals surface area contributed by atoms with E-state index in [1.807, 2.05) is 12.1 Å². The summed E-state index contributed by atoms with van der Waals surface area (Å²) in [4.78, 5) is 0. The maximum Gasteiger partial charge on any atom is 0.157 e. The van der Waals surface area contributed by atoms with Gasteiger partial charge in [0, 0.05) is 5.02 Å². The van der Waals surface area contributed by atoms with Crippen LogP contribution in [0.15, 0.2) is 36.4 Å². The maximum absolute atomic E-state index is 9.68. The van der Waals surface area contributed by atoms with Crippen LogP contribution in [-0.4, -0.2) is 23.4 Å². The molecule has 110 valence electrons. The third kappa shape index (κ3) is 3.06. The highest BCUT2D eigenvalue weighted by Crippen LogP contribution is 2.33. The van der Waals surface area contributed by atoms with Gasteiger partial charge in [0.1, 0.15) is 12.4 Å². The summed E-state index contributed by atoms with van der Waals surface area (Å²) in [5.74, 6) is 0.568. The molecule has 0 spiro atoms. The number of halogens is 1. The molecule has 3 rings (SSSR count). The number of rotatable bonds is 3. The van der Waals surface area contributed by atoms with E-state index in [0.717, 1.165) is 29.8 Å². The zero-order valence-electron chi connectivity index (χ0n) is 11.3. The lowest BCUT2D eigenvalue weighted by Crippen LogP contribution is -2.33. The molecule has 1 aliphatic rings. The molecule has 0 saturated carbocycles. The van der Waals surface area contributed by atoms with Crippen LogP contribution >= 0.6 is 11.6 Å². The van der Waals surface area contributed by atoms with Gasteiger partial charge in [-0.3, -0.25) is 0 Å². The Hall–Kier alpha value is -1.91. The Morgan fingerprint density at radius 3 is 2.62 bits per heavy atom. The quantitative estimate of drug-likeness (QED) is 0.763. The van der Waals surface area contributed by atoms with Gasteiger partial charge in [0.15, 0.2) is 11.5 Å². The van der Waals surface area contributed by atoms with E-state index in [-0.39, 0.29) is 17.5 Å². The molecule has 21 heavy (non-hydrogen) atoms. The van der Waals surface area contributed by atoms with Crippen molar-refractivity contribution in [3.63, 3.8) is 0 Å². The molecule has 0 unspecified atom stereocenters. The van der Waals surface area contributed by atoms with E-state index in [1.54, 1.807) is 24.3 Å². The minimum atomic E-state index is -0.103. The largest absolute Gasteiger partial charge is 0.504 e. The van der Waals surface area contributed by atoms with Gasteiger partial charge in [0.2, 0.25) is 0 Å². The molecule has 2 aromatic rings. The molecule has 0 aliphatic carbocycles. The summed E-state index contributed by atoms with van der Waals surface area (Å²) >= 11 is 5.84. The number of hydrogen-bond donors (Lipinski definition) is 3. The van der Waals surface area contributed by atoms with Crippen molar-refractivity contribution in [2.75, 3.05) is 13.2 Å². The second-order valence-electron chi connectivity index (χ2n) is 5.06. The maximum atomic E-state index is 9.68. The molecule has 2 aromatic carbocycles. The third-order valence-electron chi connectivity index (χ3n) is 3.63. The van der Waals surface area contributed by atoms with Crippen molar-refractivity contribution in [2.45, 2.75) is 12.5 Å². The summed E-state index contributed by atoms with van der Waals surface area (Å²) in [6.45, 7) is 1.25. The van der Waals surface area contributed by atoms with Crippen LogP contribution in [0.25, 0.3) is 0 Å². The van der Waals surface area contributed by atoms with Crippen LogP contribution in [0.5, 0.6) is 17.2 Å². The molecule has 0 amide bonds. The van der Waals surface area contributed by atoms with Gasteiger partial charge in [0.05, 0.1) is 6.04 Å². The van der Waals surface area contributed by atoms with E-state index in [4.69, 9.17) is 16.3 Å². The number of phenols is 2. The lowest BCUT2D eigenvalue weighted by molar-refractivity contribution is 0.260. The molecule has 1 aliphatic heterocycles. The monoisotopic (exact) mass is 305 g/mol. The molecule has 0 radical (unpaired) electrons. The van der Waals surface area contributed by atoms with Crippen molar-refractivity contribution in [1.29, 1.82) is 0 Å². The van der Waals surface area contributed by atoms with Crippen LogP contribution in [0, 0.1) is 0 Å². The molecule has 1 atom stereocenters. The first-order valence-electron chi connectivity index (χ1n) is 6.80. The highest BCUT2D eigenvalue weighted by atomic mass is 35.5. The number of nitrogens with one attached hydrogen (secondary N) is 1. The zero-order valence-corrected chi connectivity index (χ0v) is 12.1. The fraction of sp³-hybridized carbons (Fsp3) is 0.250. The second kappa shape index (κ2) is 5.84. The van der Waals surface area contributed by atoms with E-state index in [2.05, 4.69) is 5.32 Å². The molecule has 1 heterocycles. The van der Waals surface area contributed by atoms with Crippen molar-refractivity contribution in [1.82, 2.24) is 5.32 Å². The van der Waals surface area contributed by atoms with Crippen LogP contribution in [0.3, 0.4) is 0 Å². The molecular weight excluding hydrogens is 290 g/mol. The zero-order chi connectivity index (χ0) is 14.8. The molecule has 0 bridgehead atoms. The SMILES string of the molecule is Oc1cc2c(cc1O)[C@H](COc1ccc(Cl)cc1)NCC2. The minimum Gasteiger partial charge on any atom is -0.504 e. The Morgan fingerprint density at radius 1 is 1.14 bits per heavy atom. The van der Waals surface area contributed by atoms with E-state index in [1.165, 1.54) is 0 Å². The first kappa shape index (κ1) is 14.0. The lowest BCUT2D eigenvalue weighted by Gasteiger charge is -2.27. The highest BCUT2D eigenvalue weighted by Gasteiger charge is 2.22. The Morgan fingerprint density at radius 2 is 1.86 bits per heavy atom. The molecule has 3 N–H and O–H groups in total. The van der Waals surface area contributed by atoms with Gasteiger partial charge in [-0.15, -0.1) is 0 Å². The van der Waals surface area contributed by atoms with Gasteiger partial charge in [0.25, 0.3) is 0 Å². The molecule has 0 aromatic heterocycles. The predicted molar refractivity (Wildman–Crippen MR) is 81.2 cm³/mol. The van der Waals surface area contributed by atoms with Gasteiger partial charge in [-0.2, -0.15) is 0 Å². The second-order valence-corrected chi connectivity index (χ2v) is 5.50. The average molecular weight is 306 g/mol. The summed E-state index contributed by atoms with van der Waals surface area (Å²) in [5, 5.41) is 23.3. The van der Waals surface area contributed by atoms with Gasteiger partial charge >= 0.3 is 0 Å². The third-order valence-corrected chi connectivity index (χ3v) is 3.88. The number of phenolic OH excluding ortho intramolecular Hbond substituents is 2. The number of ether oxygens (including phenoxy) is 1. The molecule has 0 saturated heterocycles. The number of fused-ring (bicyclic) bond motifs is 1. The van der Waals surface area contributed by atoms with Gasteiger partial charge in [-0.1, -0.05) is 11.6 Å². The van der Waals surface area contributed by atoms with E-state index < -0.39 is 0 Å². The summed E-state index contributed by atoms with van der Waals surface area (Å²) < 4.78 is 5.76. The van der Waals surface area contributed by atoms with Crippen LogP contribution in [0.2, 0.25) is 5.02 Å². The average Bonchev–Trinajstić information content (AvgIpc) is 2.48. The molecule has 4 nitrogen and oxygen atoms in total. The lowest BCUT2D eigenvalue weighted by atomic mass is 9.94. The normalized spacial score (nSPS) is 17.3. The van der Waals surface area contributed by atoms with Crippen LogP contribution in [0.4, 0.5) is 0 Å². The highest BCUT2D eigenvalue weighted by molar-refractivity contribution is 6.30. The van der Waals surface area contributed by atoms with Gasteiger partial charge < -0.3 is 20.3 Å². The number of benzene rings is 2. The summed E-state index contributed by atoms with van der Waals surface area (Å²) in [6.07, 6.45) is 0.820. The van der Waals surface area contributed by atoms with Crippen molar-refractivity contribution in [3.8, 4) is 17.2 Å². The first-order valence-corrected chi connectivity index (χ1v) is 7.18. The van der Waals surface area contributed by atoms with Crippen molar-refractivity contribution in [3.05, 3.63) is 52.5 Å². The number of aromatic hydroxyl groups is 2. The van der Waals surface area contributed by atoms with Crippen LogP contribution < -0.4 is 10.1 Å². The Bertz CT molecular complexity index is 643. The van der Waals surface area contributed by atoms with Crippen molar-refractivity contribution >= 4 is 11.6 Å². The van der Waals surface area contributed by atoms with Crippen molar-refractivity contribution < 1.29 is 14.9 Å². The summed E-state index contributed by atoms with van der Waals surface area (Å²) in [6, 6.07) is 10.4. The van der Waals surface area contributed by atoms with Gasteiger partial charge in [-0.25, -0.2) is 0 Å². The number of hydrogen-bond acceptors (Lipinski definition) is 4.